The Bertz CT molecular complexity index is 260. The number of rotatable bonds is 1. The molecule has 1 aromatic rings. The maximum atomic E-state index is 9.31. The first-order valence-corrected chi connectivity index (χ1v) is 3.65. The minimum Gasteiger partial charge on any atom is -0.506 e. The SMILES string of the molecule is CN(C)c1cc(Cl)ccc1O. The van der Waals surface area contributed by atoms with Gasteiger partial charge in [0.05, 0.1) is 5.69 Å². The van der Waals surface area contributed by atoms with Crippen LogP contribution in [-0.2, 0) is 0 Å². The Labute approximate surface area is 71.0 Å². The molecule has 0 spiro atoms. The lowest BCUT2D eigenvalue weighted by Gasteiger charge is -2.13. The molecule has 0 amide bonds. The monoisotopic (exact) mass is 171 g/mol. The van der Waals surface area contributed by atoms with Crippen LogP contribution in [0.25, 0.3) is 0 Å². The number of phenols is 1. The molecule has 1 N–H and O–H groups in total. The summed E-state index contributed by atoms with van der Waals surface area (Å²) in [6.45, 7) is 0. The average Bonchev–Trinajstić information content (AvgIpc) is 1.94. The van der Waals surface area contributed by atoms with Gasteiger partial charge >= 0.3 is 0 Å². The van der Waals surface area contributed by atoms with Crippen molar-refractivity contribution in [3.05, 3.63) is 23.2 Å². The molecule has 11 heavy (non-hydrogen) atoms. The first kappa shape index (κ1) is 8.21. The lowest BCUT2D eigenvalue weighted by atomic mass is 10.3. The van der Waals surface area contributed by atoms with E-state index >= 15 is 0 Å². The third kappa shape index (κ3) is 1.77. The van der Waals surface area contributed by atoms with E-state index in [2.05, 4.69) is 0 Å². The van der Waals surface area contributed by atoms with Crippen LogP contribution < -0.4 is 4.90 Å². The molecule has 60 valence electrons. The van der Waals surface area contributed by atoms with E-state index in [1.165, 1.54) is 0 Å². The molecule has 1 aromatic carbocycles. The highest BCUT2D eigenvalue weighted by Crippen LogP contribution is 2.28. The molecule has 0 bridgehead atoms. The van der Waals surface area contributed by atoms with Crippen molar-refractivity contribution in [1.82, 2.24) is 0 Å². The molecule has 0 aliphatic carbocycles. The molecular formula is C8H10ClNO. The van der Waals surface area contributed by atoms with Crippen LogP contribution in [0.4, 0.5) is 5.69 Å². The van der Waals surface area contributed by atoms with Gasteiger partial charge in [0.1, 0.15) is 5.75 Å². The fourth-order valence-electron chi connectivity index (χ4n) is 0.855. The zero-order valence-corrected chi connectivity index (χ0v) is 7.26. The molecule has 3 heteroatoms. The van der Waals surface area contributed by atoms with Crippen molar-refractivity contribution in [3.8, 4) is 5.75 Å². The summed E-state index contributed by atoms with van der Waals surface area (Å²) in [5.41, 5.74) is 0.734. The molecule has 0 fully saturated rings. The molecule has 0 aromatic heterocycles. The molecule has 0 radical (unpaired) electrons. The Morgan fingerprint density at radius 3 is 2.45 bits per heavy atom. The highest BCUT2D eigenvalue weighted by molar-refractivity contribution is 6.30. The van der Waals surface area contributed by atoms with Crippen LogP contribution in [0.15, 0.2) is 18.2 Å². The van der Waals surface area contributed by atoms with Crippen molar-refractivity contribution in [1.29, 1.82) is 0 Å². The van der Waals surface area contributed by atoms with E-state index in [4.69, 9.17) is 11.6 Å². The summed E-state index contributed by atoms with van der Waals surface area (Å²) in [6.07, 6.45) is 0. The number of phenolic OH excluding ortho intramolecular Hbond substituents is 1. The van der Waals surface area contributed by atoms with E-state index in [9.17, 15) is 5.11 Å². The van der Waals surface area contributed by atoms with Crippen LogP contribution in [0.1, 0.15) is 0 Å². The largest absolute Gasteiger partial charge is 0.506 e. The van der Waals surface area contributed by atoms with Crippen molar-refractivity contribution in [2.75, 3.05) is 19.0 Å². The van der Waals surface area contributed by atoms with Crippen LogP contribution in [0, 0.1) is 0 Å². The van der Waals surface area contributed by atoms with Crippen LogP contribution in [0.3, 0.4) is 0 Å². The van der Waals surface area contributed by atoms with E-state index in [0.717, 1.165) is 5.69 Å². The second-order valence-electron chi connectivity index (χ2n) is 2.53. The fourth-order valence-corrected chi connectivity index (χ4v) is 1.02. The number of hydrogen-bond donors (Lipinski definition) is 1. The quantitative estimate of drug-likeness (QED) is 0.700. The second-order valence-corrected chi connectivity index (χ2v) is 2.96. The predicted octanol–water partition coefficient (Wildman–Crippen LogP) is 2.11. The molecule has 0 heterocycles. The number of anilines is 1. The van der Waals surface area contributed by atoms with Gasteiger partial charge in [0.25, 0.3) is 0 Å². The van der Waals surface area contributed by atoms with Gasteiger partial charge in [-0.15, -0.1) is 0 Å². The molecule has 0 aliphatic rings. The Kier molecular flexibility index (Phi) is 2.25. The number of benzene rings is 1. The zero-order chi connectivity index (χ0) is 8.43. The third-order valence-corrected chi connectivity index (χ3v) is 1.65. The molecule has 0 saturated carbocycles. The summed E-state index contributed by atoms with van der Waals surface area (Å²) in [5, 5.41) is 9.94. The summed E-state index contributed by atoms with van der Waals surface area (Å²) in [5.74, 6) is 0.249. The van der Waals surface area contributed by atoms with Crippen molar-refractivity contribution < 1.29 is 5.11 Å². The highest BCUT2D eigenvalue weighted by atomic mass is 35.5. The number of halogens is 1. The van der Waals surface area contributed by atoms with E-state index < -0.39 is 0 Å². The Morgan fingerprint density at radius 1 is 1.36 bits per heavy atom. The van der Waals surface area contributed by atoms with Gasteiger partial charge in [-0.1, -0.05) is 11.6 Å². The van der Waals surface area contributed by atoms with E-state index in [-0.39, 0.29) is 5.75 Å². The summed E-state index contributed by atoms with van der Waals surface area (Å²) in [6, 6.07) is 4.96. The van der Waals surface area contributed by atoms with Crippen molar-refractivity contribution in [3.63, 3.8) is 0 Å². The highest BCUT2D eigenvalue weighted by Gasteiger charge is 2.02. The fraction of sp³-hybridized carbons (Fsp3) is 0.250. The van der Waals surface area contributed by atoms with Crippen molar-refractivity contribution >= 4 is 17.3 Å². The standard InChI is InChI=1S/C8H10ClNO/c1-10(2)7-5-6(9)3-4-8(7)11/h3-5,11H,1-2H3. The van der Waals surface area contributed by atoms with E-state index in [0.29, 0.717) is 5.02 Å². The van der Waals surface area contributed by atoms with Gasteiger partial charge < -0.3 is 10.0 Å². The molecule has 0 saturated heterocycles. The topological polar surface area (TPSA) is 23.5 Å². The van der Waals surface area contributed by atoms with Gasteiger partial charge in [0.2, 0.25) is 0 Å². The van der Waals surface area contributed by atoms with Gasteiger partial charge in [0, 0.05) is 19.1 Å². The van der Waals surface area contributed by atoms with Gasteiger partial charge in [0.15, 0.2) is 0 Å². The minimum absolute atomic E-state index is 0.249. The molecule has 1 rings (SSSR count). The Hall–Kier alpha value is -0.890. The maximum absolute atomic E-state index is 9.31. The summed E-state index contributed by atoms with van der Waals surface area (Å²) < 4.78 is 0. The molecule has 0 aliphatic heterocycles. The summed E-state index contributed by atoms with van der Waals surface area (Å²) >= 11 is 5.72. The van der Waals surface area contributed by atoms with Crippen LogP contribution >= 0.6 is 11.6 Å². The number of hydrogen-bond acceptors (Lipinski definition) is 2. The number of aromatic hydroxyl groups is 1. The van der Waals surface area contributed by atoms with Crippen LogP contribution in [-0.4, -0.2) is 19.2 Å². The van der Waals surface area contributed by atoms with Crippen LogP contribution in [0.2, 0.25) is 5.02 Å². The van der Waals surface area contributed by atoms with Gasteiger partial charge in [-0.3, -0.25) is 0 Å². The van der Waals surface area contributed by atoms with E-state index in [1.54, 1.807) is 23.1 Å². The predicted molar refractivity (Wildman–Crippen MR) is 47.4 cm³/mol. The van der Waals surface area contributed by atoms with Gasteiger partial charge in [-0.25, -0.2) is 0 Å². The molecule has 2 nitrogen and oxygen atoms in total. The Balaban J connectivity index is 3.13. The maximum Gasteiger partial charge on any atom is 0.138 e. The minimum atomic E-state index is 0.249. The van der Waals surface area contributed by atoms with Gasteiger partial charge in [-0.05, 0) is 18.2 Å². The number of nitrogens with zero attached hydrogens (tertiary/aromatic N) is 1. The lowest BCUT2D eigenvalue weighted by molar-refractivity contribution is 0.475. The van der Waals surface area contributed by atoms with Gasteiger partial charge in [-0.2, -0.15) is 0 Å². The molecular weight excluding hydrogens is 162 g/mol. The lowest BCUT2D eigenvalue weighted by Crippen LogP contribution is -2.08. The smallest absolute Gasteiger partial charge is 0.138 e. The first-order valence-electron chi connectivity index (χ1n) is 3.27. The second kappa shape index (κ2) is 3.01. The summed E-state index contributed by atoms with van der Waals surface area (Å²) in [4.78, 5) is 1.81. The third-order valence-electron chi connectivity index (χ3n) is 1.42. The first-order chi connectivity index (χ1) is 5.11. The van der Waals surface area contributed by atoms with Crippen molar-refractivity contribution in [2.45, 2.75) is 0 Å². The molecule has 0 unspecified atom stereocenters. The average molecular weight is 172 g/mol. The van der Waals surface area contributed by atoms with E-state index in [1.807, 2.05) is 14.1 Å². The van der Waals surface area contributed by atoms with Crippen LogP contribution in [0.5, 0.6) is 5.75 Å². The summed E-state index contributed by atoms with van der Waals surface area (Å²) in [7, 11) is 3.71. The van der Waals surface area contributed by atoms with Crippen molar-refractivity contribution in [2.24, 2.45) is 0 Å². The Morgan fingerprint density at radius 2 is 2.00 bits per heavy atom. The normalized spacial score (nSPS) is 9.73. The zero-order valence-electron chi connectivity index (χ0n) is 6.50. The molecule has 0 atom stereocenters.